The lowest BCUT2D eigenvalue weighted by molar-refractivity contribution is 0.286. The van der Waals surface area contributed by atoms with Crippen molar-refractivity contribution in [2.24, 2.45) is 0 Å². The zero-order chi connectivity index (χ0) is 18.1. The summed E-state index contributed by atoms with van der Waals surface area (Å²) in [6.07, 6.45) is 2.90. The Morgan fingerprint density at radius 2 is 1.16 bits per heavy atom. The average molecular weight is 364 g/mol. The molecular formula is C16H16N2O6S. The van der Waals surface area contributed by atoms with Gasteiger partial charge in [0, 0.05) is 0 Å². The first kappa shape index (κ1) is 18.6. The Balaban J connectivity index is 0.000000137. The predicted octanol–water partition coefficient (Wildman–Crippen LogP) is 3.18. The van der Waals surface area contributed by atoms with Gasteiger partial charge in [-0.2, -0.15) is 8.42 Å². The molecule has 0 aliphatic carbocycles. The van der Waals surface area contributed by atoms with Crippen LogP contribution in [-0.2, 0) is 18.8 Å². The second-order valence-corrected chi connectivity index (χ2v) is 5.86. The molecule has 0 radical (unpaired) electrons. The monoisotopic (exact) mass is 364 g/mol. The summed E-state index contributed by atoms with van der Waals surface area (Å²) in [5.74, 6) is 0. The third-order valence-corrected chi connectivity index (χ3v) is 3.70. The average Bonchev–Trinajstić information content (AvgIpc) is 3.31. The van der Waals surface area contributed by atoms with Crippen molar-refractivity contribution >= 4 is 32.6 Å². The van der Waals surface area contributed by atoms with Crippen LogP contribution in [0.1, 0.15) is 0 Å². The van der Waals surface area contributed by atoms with Crippen molar-refractivity contribution in [2.45, 2.75) is 0 Å². The normalized spacial score (nSPS) is 10.6. The maximum atomic E-state index is 9.92. The molecule has 25 heavy (non-hydrogen) atoms. The van der Waals surface area contributed by atoms with E-state index in [0.29, 0.717) is 0 Å². The molecule has 0 aliphatic rings. The van der Waals surface area contributed by atoms with Crippen molar-refractivity contribution in [3.05, 3.63) is 61.3 Å². The molecule has 2 heterocycles. The molecular weight excluding hydrogens is 348 g/mol. The molecule has 0 atom stereocenters. The molecule has 0 saturated carbocycles. The number of fused-ring (bicyclic) bond motifs is 2. The second kappa shape index (κ2) is 8.92. The molecule has 4 aromatic rings. The molecule has 4 rings (SSSR count). The van der Waals surface area contributed by atoms with Crippen molar-refractivity contribution in [1.82, 2.24) is 9.97 Å². The largest absolute Gasteiger partial charge is 0.443 e. The van der Waals surface area contributed by atoms with E-state index >= 15 is 0 Å². The van der Waals surface area contributed by atoms with Crippen LogP contribution in [0.15, 0.2) is 70.2 Å². The quantitative estimate of drug-likeness (QED) is 0.534. The summed E-state index contributed by atoms with van der Waals surface area (Å²) in [7, 11) is -1.60. The number of hydrogen-bond donors (Lipinski definition) is 0. The predicted molar refractivity (Wildman–Crippen MR) is 91.0 cm³/mol. The highest BCUT2D eigenvalue weighted by Crippen LogP contribution is 2.09. The van der Waals surface area contributed by atoms with Crippen molar-refractivity contribution in [3.8, 4) is 0 Å². The third kappa shape index (κ3) is 5.68. The molecule has 0 aliphatic heterocycles. The van der Waals surface area contributed by atoms with Crippen molar-refractivity contribution in [1.29, 1.82) is 0 Å². The van der Waals surface area contributed by atoms with Gasteiger partial charge in [-0.25, -0.2) is 9.97 Å². The molecule has 0 N–H and O–H groups in total. The first-order valence-corrected chi connectivity index (χ1v) is 8.31. The Morgan fingerprint density at radius 1 is 0.760 bits per heavy atom. The lowest BCUT2D eigenvalue weighted by Crippen LogP contribution is -2.02. The summed E-state index contributed by atoms with van der Waals surface area (Å²) in [6.45, 7) is 0. The minimum Gasteiger partial charge on any atom is -0.443 e. The summed E-state index contributed by atoms with van der Waals surface area (Å²) in [5.41, 5.74) is 3.52. The number of para-hydroxylation sites is 4. The van der Waals surface area contributed by atoms with E-state index in [1.165, 1.54) is 12.8 Å². The lowest BCUT2D eigenvalue weighted by atomic mass is 10.3. The summed E-state index contributed by atoms with van der Waals surface area (Å²) < 4.78 is 37.5. The Hall–Kier alpha value is -2.75. The smallest absolute Gasteiger partial charge is 0.399 e. The van der Waals surface area contributed by atoms with E-state index in [0.717, 1.165) is 36.4 Å². The van der Waals surface area contributed by atoms with Gasteiger partial charge in [-0.15, -0.1) is 0 Å². The van der Waals surface area contributed by atoms with E-state index in [2.05, 4.69) is 18.3 Å². The van der Waals surface area contributed by atoms with E-state index < -0.39 is 10.4 Å². The van der Waals surface area contributed by atoms with Crippen LogP contribution in [0.25, 0.3) is 22.2 Å². The fourth-order valence-electron chi connectivity index (χ4n) is 1.67. The molecule has 0 spiro atoms. The van der Waals surface area contributed by atoms with Crippen LogP contribution in [0.3, 0.4) is 0 Å². The van der Waals surface area contributed by atoms with Crippen LogP contribution in [0.5, 0.6) is 0 Å². The Morgan fingerprint density at radius 3 is 1.48 bits per heavy atom. The Kier molecular flexibility index (Phi) is 6.63. The Labute approximate surface area is 144 Å². The van der Waals surface area contributed by atoms with Gasteiger partial charge in [0.2, 0.25) is 0 Å². The topological polar surface area (TPSA) is 105 Å². The molecule has 132 valence electrons. The summed E-state index contributed by atoms with van der Waals surface area (Å²) >= 11 is 0. The van der Waals surface area contributed by atoms with Crippen LogP contribution in [-0.4, -0.2) is 32.6 Å². The molecule has 0 amide bonds. The van der Waals surface area contributed by atoms with Gasteiger partial charge < -0.3 is 8.83 Å². The number of aromatic nitrogens is 2. The van der Waals surface area contributed by atoms with Gasteiger partial charge in [-0.3, -0.25) is 8.37 Å². The number of benzene rings is 2. The third-order valence-electron chi connectivity index (χ3n) is 2.88. The van der Waals surface area contributed by atoms with Crippen LogP contribution < -0.4 is 0 Å². The maximum absolute atomic E-state index is 9.92. The van der Waals surface area contributed by atoms with Gasteiger partial charge >= 0.3 is 10.4 Å². The minimum atomic E-state index is -3.66. The zero-order valence-corrected chi connectivity index (χ0v) is 14.3. The van der Waals surface area contributed by atoms with Crippen molar-refractivity contribution in [3.63, 3.8) is 0 Å². The highest BCUT2D eigenvalue weighted by atomic mass is 32.3. The van der Waals surface area contributed by atoms with Crippen molar-refractivity contribution < 1.29 is 25.6 Å². The SMILES string of the molecule is COS(=O)(=O)OC.c1ccc2ocnc2c1.c1ccc2ocnc2c1. The minimum absolute atomic E-state index is 0.845. The van der Waals surface area contributed by atoms with Gasteiger partial charge in [0.15, 0.2) is 24.0 Å². The Bertz CT molecular complexity index is 873. The number of rotatable bonds is 2. The van der Waals surface area contributed by atoms with Crippen LogP contribution in [0, 0.1) is 0 Å². The summed E-state index contributed by atoms with van der Waals surface area (Å²) in [6, 6.07) is 15.3. The van der Waals surface area contributed by atoms with Crippen LogP contribution in [0.4, 0.5) is 0 Å². The highest BCUT2D eigenvalue weighted by Gasteiger charge is 2.01. The number of nitrogens with zero attached hydrogens (tertiary/aromatic N) is 2. The van der Waals surface area contributed by atoms with Gasteiger partial charge in [-0.05, 0) is 24.3 Å². The van der Waals surface area contributed by atoms with E-state index in [1.54, 1.807) is 0 Å². The van der Waals surface area contributed by atoms with Gasteiger partial charge in [0.05, 0.1) is 14.2 Å². The molecule has 0 saturated heterocycles. The van der Waals surface area contributed by atoms with Gasteiger partial charge in [0.25, 0.3) is 0 Å². The van der Waals surface area contributed by atoms with Crippen molar-refractivity contribution in [2.75, 3.05) is 14.2 Å². The summed E-state index contributed by atoms with van der Waals surface area (Å²) in [4.78, 5) is 7.90. The second-order valence-electron chi connectivity index (χ2n) is 4.38. The first-order valence-electron chi connectivity index (χ1n) is 6.98. The van der Waals surface area contributed by atoms with E-state index in [4.69, 9.17) is 8.83 Å². The molecule has 0 fully saturated rings. The van der Waals surface area contributed by atoms with Crippen LogP contribution in [0.2, 0.25) is 0 Å². The standard InChI is InChI=1S/2C7H5NO.C2H6O4S/c2*1-2-4-7-6(3-1)8-5-9-7;1-5-7(3,4)6-2/h2*1-5H;1-2H3. The van der Waals surface area contributed by atoms with E-state index in [1.807, 2.05) is 48.5 Å². The van der Waals surface area contributed by atoms with Crippen LogP contribution >= 0.6 is 0 Å². The fourth-order valence-corrected chi connectivity index (χ4v) is 1.81. The molecule has 0 unspecified atom stereocenters. The summed E-state index contributed by atoms with van der Waals surface area (Å²) in [5, 5.41) is 0. The molecule has 8 nitrogen and oxygen atoms in total. The van der Waals surface area contributed by atoms with Gasteiger partial charge in [0.1, 0.15) is 11.0 Å². The lowest BCUT2D eigenvalue weighted by Gasteiger charge is -1.91. The molecule has 2 aromatic heterocycles. The first-order chi connectivity index (χ1) is 12.1. The highest BCUT2D eigenvalue weighted by molar-refractivity contribution is 7.81. The van der Waals surface area contributed by atoms with Gasteiger partial charge in [-0.1, -0.05) is 24.3 Å². The number of oxazole rings is 2. The fraction of sp³-hybridized carbons (Fsp3) is 0.125. The molecule has 0 bridgehead atoms. The molecule has 9 heteroatoms. The maximum Gasteiger partial charge on any atom is 0.399 e. The number of hydrogen-bond acceptors (Lipinski definition) is 8. The van der Waals surface area contributed by atoms with E-state index in [-0.39, 0.29) is 0 Å². The van der Waals surface area contributed by atoms with E-state index in [9.17, 15) is 8.42 Å². The zero-order valence-electron chi connectivity index (χ0n) is 13.5. The molecule has 2 aromatic carbocycles.